The van der Waals surface area contributed by atoms with E-state index < -0.39 is 18.7 Å². The van der Waals surface area contributed by atoms with Gasteiger partial charge in [-0.25, -0.2) is 9.48 Å². The second kappa shape index (κ2) is 12.9. The molecule has 6 rings (SSSR count). The average molecular weight is 615 g/mol. The Hall–Kier alpha value is -3.27. The van der Waals surface area contributed by atoms with Crippen molar-refractivity contribution in [2.24, 2.45) is 11.3 Å². The van der Waals surface area contributed by atoms with Crippen molar-refractivity contribution in [1.82, 2.24) is 9.78 Å². The van der Waals surface area contributed by atoms with E-state index >= 15 is 4.39 Å². The zero-order valence-electron chi connectivity index (χ0n) is 27.1. The van der Waals surface area contributed by atoms with Crippen molar-refractivity contribution < 1.29 is 28.0 Å². The van der Waals surface area contributed by atoms with E-state index in [1.807, 2.05) is 45.0 Å². The Balaban J connectivity index is 1.42. The highest BCUT2D eigenvalue weighted by Gasteiger charge is 2.41. The number of rotatable bonds is 7. The smallest absolute Gasteiger partial charge is 0.457 e. The summed E-state index contributed by atoms with van der Waals surface area (Å²) in [6, 6.07) is 14.0. The van der Waals surface area contributed by atoms with Crippen LogP contribution in [0.3, 0.4) is 0 Å². The maximum absolute atomic E-state index is 15.5. The first-order valence-electron chi connectivity index (χ1n) is 16.3. The Labute approximate surface area is 265 Å². The Kier molecular flexibility index (Phi) is 9.06. The fourth-order valence-electron chi connectivity index (χ4n) is 6.26. The minimum absolute atomic E-state index is 0.0681. The molecule has 3 heterocycles. The summed E-state index contributed by atoms with van der Waals surface area (Å²) in [5, 5.41) is 4.75. The lowest BCUT2D eigenvalue weighted by Crippen LogP contribution is -2.44. The number of hydrogen-bond acceptors (Lipinski definition) is 6. The number of allylic oxidation sites excluding steroid dienone is 1. The molecular formula is C36H44BFN2O5. The number of benzene rings is 2. The maximum Gasteiger partial charge on any atom is 0.490 e. The molecule has 0 amide bonds. The van der Waals surface area contributed by atoms with Gasteiger partial charge in [0.15, 0.2) is 6.23 Å². The number of esters is 1. The summed E-state index contributed by atoms with van der Waals surface area (Å²) < 4.78 is 41.4. The van der Waals surface area contributed by atoms with Gasteiger partial charge in [-0.2, -0.15) is 4.39 Å². The van der Waals surface area contributed by atoms with Crippen LogP contribution in [0.5, 0.6) is 0 Å². The molecule has 45 heavy (non-hydrogen) atoms. The number of halogens is 1. The molecule has 2 aromatic carbocycles. The van der Waals surface area contributed by atoms with Gasteiger partial charge in [0.25, 0.3) is 0 Å². The quantitative estimate of drug-likeness (QED) is 0.153. The number of aromatic nitrogens is 2. The van der Waals surface area contributed by atoms with E-state index in [9.17, 15) is 4.79 Å². The number of hydrogen-bond donors (Lipinski definition) is 0. The molecule has 2 aliphatic heterocycles. The summed E-state index contributed by atoms with van der Waals surface area (Å²) >= 11 is 0. The number of fused-ring (bicyclic) bond motifs is 1. The van der Waals surface area contributed by atoms with Gasteiger partial charge in [-0.15, -0.1) is 5.10 Å². The highest BCUT2D eigenvalue weighted by molar-refractivity contribution is 6.56. The van der Waals surface area contributed by atoms with Crippen LogP contribution in [0.25, 0.3) is 22.6 Å². The van der Waals surface area contributed by atoms with E-state index in [0.717, 1.165) is 71.8 Å². The molecule has 238 valence electrons. The fourth-order valence-corrected chi connectivity index (χ4v) is 6.26. The third-order valence-corrected chi connectivity index (χ3v) is 8.73. The van der Waals surface area contributed by atoms with E-state index in [0.29, 0.717) is 31.1 Å². The Morgan fingerprint density at radius 1 is 1.02 bits per heavy atom. The first kappa shape index (κ1) is 31.7. The van der Waals surface area contributed by atoms with E-state index in [1.165, 1.54) is 6.08 Å². The van der Waals surface area contributed by atoms with Crippen molar-refractivity contribution in [1.29, 1.82) is 0 Å². The molecule has 7 nitrogen and oxygen atoms in total. The minimum Gasteiger partial charge on any atom is -0.457 e. The van der Waals surface area contributed by atoms with Crippen LogP contribution < -0.4 is 0 Å². The van der Waals surface area contributed by atoms with Gasteiger partial charge < -0.3 is 18.8 Å². The highest BCUT2D eigenvalue weighted by Crippen LogP contribution is 2.43. The van der Waals surface area contributed by atoms with Gasteiger partial charge in [0, 0.05) is 31.3 Å². The first-order chi connectivity index (χ1) is 21.5. The molecule has 3 fully saturated rings. The van der Waals surface area contributed by atoms with Gasteiger partial charge in [0.2, 0.25) is 5.95 Å². The third kappa shape index (κ3) is 7.26. The second-order valence-corrected chi connectivity index (χ2v) is 14.4. The summed E-state index contributed by atoms with van der Waals surface area (Å²) in [7, 11) is -0.482. The van der Waals surface area contributed by atoms with Crippen molar-refractivity contribution >= 4 is 35.6 Å². The monoisotopic (exact) mass is 614 g/mol. The summed E-state index contributed by atoms with van der Waals surface area (Å²) in [6.07, 6.45) is 9.06. The maximum atomic E-state index is 15.5. The zero-order chi connectivity index (χ0) is 31.8. The summed E-state index contributed by atoms with van der Waals surface area (Å²) in [6.45, 7) is 11.7. The minimum atomic E-state index is -0.554. The molecule has 9 heteroatoms. The molecule has 1 unspecified atom stereocenters. The topological polar surface area (TPSA) is 71.8 Å². The van der Waals surface area contributed by atoms with E-state index in [2.05, 4.69) is 37.1 Å². The Morgan fingerprint density at radius 2 is 1.73 bits per heavy atom. The fraction of sp³-hybridized carbons (Fsp3) is 0.500. The standard InChI is InChI=1S/C36H44BFN2O5/c1-35(2,3)45-31(41)19-14-24-12-15-25(16-13-24)32(33(26-9-8-10-26)37-43-22-36(4,5)23-44-37)27-17-18-29-28(21-27)34(38)39-40(29)30-11-6-7-20-42-30/h12-19,21,26,30H,6-11,20,22-23H2,1-5H3/b19-14?,33-32-. The summed E-state index contributed by atoms with van der Waals surface area (Å²) in [5.41, 5.74) is 4.95. The number of ether oxygens (including phenoxy) is 2. The summed E-state index contributed by atoms with van der Waals surface area (Å²) in [5.74, 6) is -0.583. The molecular weight excluding hydrogens is 570 g/mol. The van der Waals surface area contributed by atoms with Gasteiger partial charge in [0.1, 0.15) is 5.60 Å². The Morgan fingerprint density at radius 3 is 2.36 bits per heavy atom. The van der Waals surface area contributed by atoms with Crippen LogP contribution in [0.4, 0.5) is 4.39 Å². The van der Waals surface area contributed by atoms with Crippen LogP contribution in [0.1, 0.15) is 96.1 Å². The van der Waals surface area contributed by atoms with Crippen LogP contribution in [0.2, 0.25) is 0 Å². The molecule has 3 aliphatic rings. The predicted octanol–water partition coefficient (Wildman–Crippen LogP) is 7.93. The molecule has 0 N–H and O–H groups in total. The van der Waals surface area contributed by atoms with E-state index in [1.54, 1.807) is 10.8 Å². The molecule has 1 aromatic heterocycles. The SMILES string of the molecule is CC1(C)COB(/C(=C(/c2ccc(C=CC(=O)OC(C)(C)C)cc2)c2ccc3c(c2)c(F)nn3C2CCCCO2)C2CCC2)OC1. The van der Waals surface area contributed by atoms with Crippen molar-refractivity contribution in [2.75, 3.05) is 19.8 Å². The molecule has 1 atom stereocenters. The van der Waals surface area contributed by atoms with Crippen LogP contribution in [-0.2, 0) is 23.6 Å². The molecule has 2 saturated heterocycles. The van der Waals surface area contributed by atoms with Crippen molar-refractivity contribution in [3.63, 3.8) is 0 Å². The van der Waals surface area contributed by atoms with E-state index in [-0.39, 0.29) is 17.6 Å². The summed E-state index contributed by atoms with van der Waals surface area (Å²) in [4.78, 5) is 12.3. The van der Waals surface area contributed by atoms with Crippen LogP contribution in [-0.4, -0.2) is 48.3 Å². The van der Waals surface area contributed by atoms with Gasteiger partial charge in [-0.3, -0.25) is 0 Å². The van der Waals surface area contributed by atoms with Crippen LogP contribution in [0, 0.1) is 17.3 Å². The van der Waals surface area contributed by atoms with Gasteiger partial charge in [-0.1, -0.05) is 50.6 Å². The van der Waals surface area contributed by atoms with Crippen molar-refractivity contribution in [3.8, 4) is 0 Å². The highest BCUT2D eigenvalue weighted by atomic mass is 19.1. The normalized spacial score (nSPS) is 21.6. The van der Waals surface area contributed by atoms with Crippen LogP contribution >= 0.6 is 0 Å². The lowest BCUT2D eigenvalue weighted by molar-refractivity contribution is -0.148. The number of nitrogens with zero attached hydrogens (tertiary/aromatic N) is 2. The molecule has 0 bridgehead atoms. The zero-order valence-corrected chi connectivity index (χ0v) is 27.1. The lowest BCUT2D eigenvalue weighted by Gasteiger charge is -2.39. The van der Waals surface area contributed by atoms with Gasteiger partial charge >= 0.3 is 13.1 Å². The molecule has 0 radical (unpaired) electrons. The van der Waals surface area contributed by atoms with E-state index in [4.69, 9.17) is 18.8 Å². The predicted molar refractivity (Wildman–Crippen MR) is 175 cm³/mol. The first-order valence-corrected chi connectivity index (χ1v) is 16.3. The number of carbonyl (C=O) groups is 1. The lowest BCUT2D eigenvalue weighted by atomic mass is 9.59. The van der Waals surface area contributed by atoms with Crippen molar-refractivity contribution in [3.05, 3.63) is 76.7 Å². The number of carbonyl (C=O) groups excluding carboxylic acids is 1. The Bertz CT molecular complexity index is 1580. The van der Waals surface area contributed by atoms with Gasteiger partial charge in [0.05, 0.1) is 10.9 Å². The average Bonchev–Trinajstić information content (AvgIpc) is 3.31. The van der Waals surface area contributed by atoms with Crippen molar-refractivity contribution in [2.45, 2.75) is 85.0 Å². The molecule has 1 aliphatic carbocycles. The largest absolute Gasteiger partial charge is 0.490 e. The van der Waals surface area contributed by atoms with Gasteiger partial charge in [-0.05, 0) is 105 Å². The van der Waals surface area contributed by atoms with Crippen LogP contribution in [0.15, 0.2) is 54.0 Å². The second-order valence-electron chi connectivity index (χ2n) is 14.4. The molecule has 0 spiro atoms. The molecule has 3 aromatic rings. The molecule has 1 saturated carbocycles. The third-order valence-electron chi connectivity index (χ3n) is 8.73.